The first-order valence-electron chi connectivity index (χ1n) is 39.0. The van der Waals surface area contributed by atoms with E-state index in [2.05, 4.69) is 48.5 Å². The number of carbonyl (C=O) groups is 4. The molecule has 8 atom stereocenters. The molecule has 0 aliphatic carbocycles. The van der Waals surface area contributed by atoms with Crippen molar-refractivity contribution in [2.24, 2.45) is 17.8 Å². The second kappa shape index (κ2) is 65.7. The third-order valence-corrected chi connectivity index (χ3v) is 20.4. The van der Waals surface area contributed by atoms with Crippen molar-refractivity contribution >= 4 is 39.5 Å². The van der Waals surface area contributed by atoms with Gasteiger partial charge in [-0.05, 0) is 43.4 Å². The molecule has 0 saturated carbocycles. The van der Waals surface area contributed by atoms with E-state index in [4.69, 9.17) is 37.0 Å². The predicted octanol–water partition coefficient (Wildman–Crippen LogP) is 21.8. The van der Waals surface area contributed by atoms with Crippen LogP contribution in [0.5, 0.6) is 0 Å². The van der Waals surface area contributed by atoms with E-state index in [0.29, 0.717) is 25.7 Å². The molecule has 0 spiro atoms. The summed E-state index contributed by atoms with van der Waals surface area (Å²) in [5.41, 5.74) is 0. The van der Waals surface area contributed by atoms with Gasteiger partial charge < -0.3 is 33.8 Å². The molecule has 558 valence electrons. The number of unbranched alkanes of at least 4 members (excludes halogenated alkanes) is 38. The standard InChI is InChI=1S/C75H146O17P2/c1-8-12-13-14-15-34-42-49-56-72(77)85-63-71(92-75(80)59-52-45-38-37-41-48-55-68(7)11-4)65-90-94(83,84)88-61-69(76)60-87-93(81,82)89-64-70(62-86-73(78)57-50-43-35-30-27-26-29-33-40-47-54-67(6)10-3)91-74(79)58-51-44-36-31-25-23-21-19-17-16-18-20-22-24-28-32-39-46-53-66(5)9-2/h66-71,76H,8-65H2,1-7H3,(H,81,82)(H,83,84)/t66?,67?,68?,69-,70-,71-/m1/s1. The molecule has 0 aromatic rings. The lowest BCUT2D eigenvalue weighted by Crippen LogP contribution is -2.30. The van der Waals surface area contributed by atoms with E-state index in [1.165, 1.54) is 186 Å². The van der Waals surface area contributed by atoms with Crippen molar-refractivity contribution < 1.29 is 80.2 Å². The maximum Gasteiger partial charge on any atom is 0.472 e. The van der Waals surface area contributed by atoms with Crippen molar-refractivity contribution in [3.63, 3.8) is 0 Å². The lowest BCUT2D eigenvalue weighted by Gasteiger charge is -2.21. The summed E-state index contributed by atoms with van der Waals surface area (Å²) >= 11 is 0. The minimum atomic E-state index is -4.96. The molecule has 19 heteroatoms. The van der Waals surface area contributed by atoms with Crippen LogP contribution in [-0.4, -0.2) is 96.7 Å². The molecule has 0 fully saturated rings. The molecular weight excluding hydrogens is 1230 g/mol. The van der Waals surface area contributed by atoms with E-state index < -0.39 is 97.5 Å². The Labute approximate surface area is 575 Å². The minimum absolute atomic E-state index is 0.103. The molecule has 0 heterocycles. The van der Waals surface area contributed by atoms with Crippen molar-refractivity contribution in [3.8, 4) is 0 Å². The third kappa shape index (κ3) is 64.7. The van der Waals surface area contributed by atoms with Crippen molar-refractivity contribution in [1.82, 2.24) is 0 Å². The first kappa shape index (κ1) is 92.1. The van der Waals surface area contributed by atoms with E-state index in [1.807, 2.05) is 0 Å². The molecule has 3 N–H and O–H groups in total. The number of aliphatic hydroxyl groups is 1. The van der Waals surface area contributed by atoms with Crippen LogP contribution in [0.1, 0.15) is 382 Å². The van der Waals surface area contributed by atoms with Gasteiger partial charge in [0.15, 0.2) is 12.2 Å². The fourth-order valence-electron chi connectivity index (χ4n) is 11.3. The van der Waals surface area contributed by atoms with Gasteiger partial charge in [0.25, 0.3) is 0 Å². The fraction of sp³-hybridized carbons (Fsp3) is 0.947. The number of phosphoric ester groups is 2. The van der Waals surface area contributed by atoms with E-state index in [9.17, 15) is 43.2 Å². The highest BCUT2D eigenvalue weighted by Crippen LogP contribution is 2.45. The molecule has 0 aliphatic rings. The maximum atomic E-state index is 13.1. The molecule has 5 unspecified atom stereocenters. The lowest BCUT2D eigenvalue weighted by molar-refractivity contribution is -0.161. The summed E-state index contributed by atoms with van der Waals surface area (Å²) in [7, 11) is -9.90. The van der Waals surface area contributed by atoms with Crippen LogP contribution in [0.2, 0.25) is 0 Å². The van der Waals surface area contributed by atoms with Gasteiger partial charge in [-0.1, -0.05) is 331 Å². The molecule has 17 nitrogen and oxygen atoms in total. The zero-order chi connectivity index (χ0) is 69.4. The Morgan fingerprint density at radius 1 is 0.298 bits per heavy atom. The highest BCUT2D eigenvalue weighted by atomic mass is 31.2. The smallest absolute Gasteiger partial charge is 0.462 e. The van der Waals surface area contributed by atoms with Crippen molar-refractivity contribution in [2.75, 3.05) is 39.6 Å². The molecule has 0 aromatic carbocycles. The number of hydrogen-bond donors (Lipinski definition) is 3. The van der Waals surface area contributed by atoms with Gasteiger partial charge in [0, 0.05) is 25.7 Å². The third-order valence-electron chi connectivity index (χ3n) is 18.5. The Bertz CT molecular complexity index is 1840. The van der Waals surface area contributed by atoms with Gasteiger partial charge >= 0.3 is 39.5 Å². The van der Waals surface area contributed by atoms with E-state index in [-0.39, 0.29) is 25.7 Å². The maximum absolute atomic E-state index is 13.1. The molecule has 0 saturated heterocycles. The Kier molecular flexibility index (Phi) is 64.3. The number of esters is 4. The zero-order valence-corrected chi connectivity index (χ0v) is 63.2. The molecule has 0 rings (SSSR count). The van der Waals surface area contributed by atoms with Crippen LogP contribution in [0.25, 0.3) is 0 Å². The summed E-state index contributed by atoms with van der Waals surface area (Å²) in [6.45, 7) is 11.9. The number of phosphoric acid groups is 2. The van der Waals surface area contributed by atoms with E-state index in [1.54, 1.807) is 0 Å². The Morgan fingerprint density at radius 2 is 0.511 bits per heavy atom. The molecule has 0 radical (unpaired) electrons. The number of ether oxygens (including phenoxy) is 4. The summed E-state index contributed by atoms with van der Waals surface area (Å²) in [5, 5.41) is 10.6. The molecular formula is C75H146O17P2. The fourth-order valence-corrected chi connectivity index (χ4v) is 12.9. The summed E-state index contributed by atoms with van der Waals surface area (Å²) in [6, 6.07) is 0. The molecule has 0 aliphatic heterocycles. The topological polar surface area (TPSA) is 237 Å². The van der Waals surface area contributed by atoms with Gasteiger partial charge in [-0.25, -0.2) is 9.13 Å². The van der Waals surface area contributed by atoms with Gasteiger partial charge in [0.05, 0.1) is 26.4 Å². The quantitative estimate of drug-likeness (QED) is 0.0222. The van der Waals surface area contributed by atoms with Crippen molar-refractivity contribution in [1.29, 1.82) is 0 Å². The first-order valence-corrected chi connectivity index (χ1v) is 42.0. The van der Waals surface area contributed by atoms with Crippen LogP contribution in [0.4, 0.5) is 0 Å². The second-order valence-electron chi connectivity index (χ2n) is 27.8. The van der Waals surface area contributed by atoms with Crippen molar-refractivity contribution in [3.05, 3.63) is 0 Å². The van der Waals surface area contributed by atoms with Gasteiger partial charge in [-0.3, -0.25) is 37.3 Å². The largest absolute Gasteiger partial charge is 0.472 e. The van der Waals surface area contributed by atoms with Crippen LogP contribution < -0.4 is 0 Å². The SMILES string of the molecule is CCCCCCCCCCC(=O)OC[C@H](COP(=O)(O)OC[C@H](O)COP(=O)(O)OC[C@@H](COC(=O)CCCCCCCCCCCCC(C)CC)OC(=O)CCCCCCCCCCCCCCCCCCCCC(C)CC)OC(=O)CCCCCCCCC(C)CC. The molecule has 0 amide bonds. The van der Waals surface area contributed by atoms with Gasteiger partial charge in [-0.2, -0.15) is 0 Å². The Balaban J connectivity index is 5.17. The van der Waals surface area contributed by atoms with Crippen LogP contribution in [0, 0.1) is 17.8 Å². The minimum Gasteiger partial charge on any atom is -0.462 e. The molecule has 94 heavy (non-hydrogen) atoms. The van der Waals surface area contributed by atoms with E-state index in [0.717, 1.165) is 114 Å². The molecule has 0 aromatic heterocycles. The zero-order valence-electron chi connectivity index (χ0n) is 61.4. The number of carbonyl (C=O) groups excluding carboxylic acids is 4. The van der Waals surface area contributed by atoms with E-state index >= 15 is 0 Å². The van der Waals surface area contributed by atoms with Gasteiger partial charge in [-0.15, -0.1) is 0 Å². The number of aliphatic hydroxyl groups excluding tert-OH is 1. The Morgan fingerprint density at radius 3 is 0.755 bits per heavy atom. The number of hydrogen-bond acceptors (Lipinski definition) is 15. The predicted molar refractivity (Wildman–Crippen MR) is 381 cm³/mol. The normalized spacial score (nSPS) is 15.0. The number of rotatable bonds is 73. The average Bonchev–Trinajstić information content (AvgIpc) is 1.11. The van der Waals surface area contributed by atoms with Gasteiger partial charge in [0.1, 0.15) is 19.3 Å². The first-order chi connectivity index (χ1) is 45.3. The summed E-state index contributed by atoms with van der Waals surface area (Å²) < 4.78 is 68.4. The van der Waals surface area contributed by atoms with Crippen LogP contribution in [0.3, 0.4) is 0 Å². The molecule has 0 bridgehead atoms. The lowest BCUT2D eigenvalue weighted by atomic mass is 9.99. The average molecular weight is 1380 g/mol. The highest BCUT2D eigenvalue weighted by Gasteiger charge is 2.30. The van der Waals surface area contributed by atoms with Crippen LogP contribution in [-0.2, 0) is 65.4 Å². The second-order valence-corrected chi connectivity index (χ2v) is 30.7. The summed E-state index contributed by atoms with van der Waals surface area (Å²) in [5.74, 6) is 0.275. The van der Waals surface area contributed by atoms with Crippen molar-refractivity contribution in [2.45, 2.75) is 401 Å². The van der Waals surface area contributed by atoms with Crippen LogP contribution >= 0.6 is 15.6 Å². The summed E-state index contributed by atoms with van der Waals surface area (Å²) in [4.78, 5) is 72.6. The van der Waals surface area contributed by atoms with Gasteiger partial charge in [0.2, 0.25) is 0 Å². The summed E-state index contributed by atoms with van der Waals surface area (Å²) in [6.07, 6.45) is 51.5. The Hall–Kier alpha value is -1.94. The monoisotopic (exact) mass is 1380 g/mol. The highest BCUT2D eigenvalue weighted by molar-refractivity contribution is 7.47. The van der Waals surface area contributed by atoms with Crippen LogP contribution in [0.15, 0.2) is 0 Å².